The Morgan fingerprint density at radius 1 is 1.19 bits per heavy atom. The Balaban J connectivity index is 1.86. The second-order valence-electron chi connectivity index (χ2n) is 5.73. The number of hydrogen-bond acceptors (Lipinski definition) is 5. The third-order valence-corrected chi connectivity index (χ3v) is 4.97. The standard InChI is InChI=1S/C19H17ClN4O2S/c1-12(18(26)22-14-7-5-6-13(20)10-14)27-19-23-17(25)11-16(21)24(19)15-8-3-2-4-9-15/h2-12H,21H2,1H3,(H,22,26). The topological polar surface area (TPSA) is 90.0 Å². The number of para-hydroxylation sites is 1. The summed E-state index contributed by atoms with van der Waals surface area (Å²) in [6, 6.07) is 17.4. The van der Waals surface area contributed by atoms with Crippen molar-refractivity contribution in [1.29, 1.82) is 0 Å². The summed E-state index contributed by atoms with van der Waals surface area (Å²) in [5, 5.41) is 3.16. The Bertz CT molecular complexity index is 1020. The quantitative estimate of drug-likeness (QED) is 0.504. The molecular weight excluding hydrogens is 384 g/mol. The monoisotopic (exact) mass is 400 g/mol. The first-order valence-electron chi connectivity index (χ1n) is 8.12. The van der Waals surface area contributed by atoms with E-state index in [-0.39, 0.29) is 11.7 Å². The first-order chi connectivity index (χ1) is 12.9. The number of halogens is 1. The van der Waals surface area contributed by atoms with Gasteiger partial charge in [0.15, 0.2) is 5.16 Å². The Labute approximate surface area is 165 Å². The van der Waals surface area contributed by atoms with Gasteiger partial charge in [-0.3, -0.25) is 14.2 Å². The molecule has 0 saturated carbocycles. The van der Waals surface area contributed by atoms with Gasteiger partial charge in [-0.2, -0.15) is 4.98 Å². The molecule has 0 radical (unpaired) electrons. The number of carbonyl (C=O) groups excluding carboxylic acids is 1. The van der Waals surface area contributed by atoms with Crippen LogP contribution in [-0.2, 0) is 4.79 Å². The van der Waals surface area contributed by atoms with E-state index in [0.29, 0.717) is 15.9 Å². The van der Waals surface area contributed by atoms with E-state index in [0.717, 1.165) is 17.4 Å². The van der Waals surface area contributed by atoms with Crippen molar-refractivity contribution in [2.24, 2.45) is 0 Å². The molecule has 0 aliphatic carbocycles. The maximum atomic E-state index is 12.5. The Kier molecular flexibility index (Phi) is 5.83. The molecule has 2 aromatic carbocycles. The van der Waals surface area contributed by atoms with Gasteiger partial charge in [-0.1, -0.05) is 47.6 Å². The maximum Gasteiger partial charge on any atom is 0.275 e. The summed E-state index contributed by atoms with van der Waals surface area (Å²) in [5.41, 5.74) is 6.94. The Morgan fingerprint density at radius 2 is 1.93 bits per heavy atom. The molecule has 0 bridgehead atoms. The number of amides is 1. The number of benzene rings is 2. The summed E-state index contributed by atoms with van der Waals surface area (Å²) < 4.78 is 1.65. The summed E-state index contributed by atoms with van der Waals surface area (Å²) in [5.74, 6) is 0.0182. The lowest BCUT2D eigenvalue weighted by molar-refractivity contribution is -0.115. The minimum Gasteiger partial charge on any atom is -0.385 e. The number of nitrogens with zero attached hydrogens (tertiary/aromatic N) is 2. The van der Waals surface area contributed by atoms with Gasteiger partial charge >= 0.3 is 0 Å². The van der Waals surface area contributed by atoms with E-state index in [1.54, 1.807) is 35.8 Å². The second kappa shape index (κ2) is 8.28. The van der Waals surface area contributed by atoms with Crippen LogP contribution in [0, 0.1) is 0 Å². The molecule has 8 heteroatoms. The van der Waals surface area contributed by atoms with Gasteiger partial charge in [0.2, 0.25) is 5.91 Å². The normalized spacial score (nSPS) is 11.8. The third kappa shape index (κ3) is 4.69. The van der Waals surface area contributed by atoms with Crippen molar-refractivity contribution in [1.82, 2.24) is 9.55 Å². The van der Waals surface area contributed by atoms with Crippen LogP contribution in [0.1, 0.15) is 6.92 Å². The molecule has 1 unspecified atom stereocenters. The highest BCUT2D eigenvalue weighted by Crippen LogP contribution is 2.26. The fourth-order valence-electron chi connectivity index (χ4n) is 2.42. The summed E-state index contributed by atoms with van der Waals surface area (Å²) in [6.45, 7) is 1.73. The zero-order chi connectivity index (χ0) is 19.4. The molecule has 0 saturated heterocycles. The SMILES string of the molecule is CC(Sc1nc(=O)cc(N)n1-c1ccccc1)C(=O)Nc1cccc(Cl)c1. The molecule has 3 rings (SSSR count). The van der Waals surface area contributed by atoms with Crippen LogP contribution in [0.25, 0.3) is 5.69 Å². The van der Waals surface area contributed by atoms with Crippen molar-refractivity contribution in [3.63, 3.8) is 0 Å². The maximum absolute atomic E-state index is 12.5. The molecule has 0 fully saturated rings. The zero-order valence-electron chi connectivity index (χ0n) is 14.4. The molecule has 1 aromatic heterocycles. The van der Waals surface area contributed by atoms with Crippen LogP contribution in [-0.4, -0.2) is 20.7 Å². The number of anilines is 2. The van der Waals surface area contributed by atoms with E-state index in [4.69, 9.17) is 17.3 Å². The molecule has 27 heavy (non-hydrogen) atoms. The largest absolute Gasteiger partial charge is 0.385 e. The second-order valence-corrected chi connectivity index (χ2v) is 7.48. The highest BCUT2D eigenvalue weighted by molar-refractivity contribution is 8.00. The van der Waals surface area contributed by atoms with Crippen LogP contribution in [0.5, 0.6) is 0 Å². The third-order valence-electron chi connectivity index (χ3n) is 3.68. The summed E-state index contributed by atoms with van der Waals surface area (Å²) in [6.07, 6.45) is 0. The Morgan fingerprint density at radius 3 is 2.63 bits per heavy atom. The number of hydrogen-bond donors (Lipinski definition) is 2. The summed E-state index contributed by atoms with van der Waals surface area (Å²) in [7, 11) is 0. The molecule has 1 amide bonds. The number of thioether (sulfide) groups is 1. The highest BCUT2D eigenvalue weighted by Gasteiger charge is 2.19. The van der Waals surface area contributed by atoms with E-state index in [1.807, 2.05) is 30.3 Å². The van der Waals surface area contributed by atoms with Crippen LogP contribution in [0.15, 0.2) is 70.6 Å². The van der Waals surface area contributed by atoms with Gasteiger partial charge in [0, 0.05) is 22.5 Å². The molecule has 1 heterocycles. The van der Waals surface area contributed by atoms with Crippen molar-refractivity contribution in [3.8, 4) is 5.69 Å². The molecule has 1 atom stereocenters. The molecule has 3 aromatic rings. The van der Waals surface area contributed by atoms with Gasteiger partial charge in [0.05, 0.1) is 5.25 Å². The molecular formula is C19H17ClN4O2S. The molecule has 138 valence electrons. The summed E-state index contributed by atoms with van der Waals surface area (Å²) >= 11 is 7.09. The van der Waals surface area contributed by atoms with Gasteiger partial charge < -0.3 is 11.1 Å². The molecule has 0 aliphatic heterocycles. The Hall–Kier alpha value is -2.77. The molecule has 0 aliphatic rings. The predicted octanol–water partition coefficient (Wildman–Crippen LogP) is 3.59. The number of aromatic nitrogens is 2. The number of nitrogens with one attached hydrogen (secondary N) is 1. The van der Waals surface area contributed by atoms with Crippen molar-refractivity contribution in [2.45, 2.75) is 17.3 Å². The fourth-order valence-corrected chi connectivity index (χ4v) is 3.55. The van der Waals surface area contributed by atoms with E-state index in [1.165, 1.54) is 6.07 Å². The van der Waals surface area contributed by atoms with Gasteiger partial charge in [0.25, 0.3) is 5.56 Å². The summed E-state index contributed by atoms with van der Waals surface area (Å²) in [4.78, 5) is 28.4. The van der Waals surface area contributed by atoms with Crippen molar-refractivity contribution < 1.29 is 4.79 Å². The number of carbonyl (C=O) groups is 1. The smallest absolute Gasteiger partial charge is 0.275 e. The molecule has 0 spiro atoms. The molecule has 6 nitrogen and oxygen atoms in total. The number of nitrogens with two attached hydrogens (primary N) is 1. The lowest BCUT2D eigenvalue weighted by Crippen LogP contribution is -2.24. The number of nitrogen functional groups attached to an aromatic ring is 1. The van der Waals surface area contributed by atoms with E-state index < -0.39 is 10.8 Å². The van der Waals surface area contributed by atoms with E-state index in [9.17, 15) is 9.59 Å². The lowest BCUT2D eigenvalue weighted by Gasteiger charge is -2.17. The van der Waals surface area contributed by atoms with Gasteiger partial charge in [0.1, 0.15) is 5.82 Å². The average Bonchev–Trinajstić information content (AvgIpc) is 2.62. The first-order valence-corrected chi connectivity index (χ1v) is 9.38. The van der Waals surface area contributed by atoms with Crippen LogP contribution in [0.4, 0.5) is 11.5 Å². The zero-order valence-corrected chi connectivity index (χ0v) is 16.0. The van der Waals surface area contributed by atoms with E-state index in [2.05, 4.69) is 10.3 Å². The fraction of sp³-hybridized carbons (Fsp3) is 0.105. The van der Waals surface area contributed by atoms with Crippen LogP contribution >= 0.6 is 23.4 Å². The first kappa shape index (κ1) is 19.0. The van der Waals surface area contributed by atoms with Crippen molar-refractivity contribution in [2.75, 3.05) is 11.1 Å². The lowest BCUT2D eigenvalue weighted by atomic mass is 10.3. The van der Waals surface area contributed by atoms with Gasteiger partial charge in [-0.25, -0.2) is 0 Å². The minimum absolute atomic E-state index is 0.237. The highest BCUT2D eigenvalue weighted by atomic mass is 35.5. The van der Waals surface area contributed by atoms with Crippen LogP contribution in [0.3, 0.4) is 0 Å². The average molecular weight is 401 g/mol. The van der Waals surface area contributed by atoms with Crippen LogP contribution < -0.4 is 16.6 Å². The molecule has 3 N–H and O–H groups in total. The van der Waals surface area contributed by atoms with Crippen molar-refractivity contribution >= 4 is 40.8 Å². The predicted molar refractivity (Wildman–Crippen MR) is 110 cm³/mol. The van der Waals surface area contributed by atoms with Gasteiger partial charge in [-0.15, -0.1) is 0 Å². The van der Waals surface area contributed by atoms with E-state index >= 15 is 0 Å². The minimum atomic E-state index is -0.521. The van der Waals surface area contributed by atoms with Crippen LogP contribution in [0.2, 0.25) is 5.02 Å². The van der Waals surface area contributed by atoms with Gasteiger partial charge in [-0.05, 0) is 37.3 Å². The van der Waals surface area contributed by atoms with Crippen molar-refractivity contribution in [3.05, 3.63) is 76.0 Å². The number of rotatable bonds is 5.